The lowest BCUT2D eigenvalue weighted by atomic mass is 10.2. The number of carbonyl (C=O) groups is 2. The van der Waals surface area contributed by atoms with Gasteiger partial charge < -0.3 is 14.7 Å². The van der Waals surface area contributed by atoms with Crippen LogP contribution in [0.5, 0.6) is 0 Å². The monoisotopic (exact) mass is 396 g/mol. The number of piperazine rings is 1. The molecule has 0 aliphatic carbocycles. The molecule has 7 heteroatoms. The van der Waals surface area contributed by atoms with Gasteiger partial charge in [0.15, 0.2) is 0 Å². The van der Waals surface area contributed by atoms with Crippen LogP contribution in [-0.4, -0.2) is 67.6 Å². The molecule has 152 valence electrons. The molecule has 2 fully saturated rings. The predicted molar refractivity (Wildman–Crippen MR) is 111 cm³/mol. The molecule has 2 aromatic carbocycles. The van der Waals surface area contributed by atoms with Gasteiger partial charge in [-0.25, -0.2) is 9.18 Å². The van der Waals surface area contributed by atoms with Gasteiger partial charge in [0.1, 0.15) is 12.4 Å². The fraction of sp³-hybridized carbons (Fsp3) is 0.364. The molecule has 0 N–H and O–H groups in total. The van der Waals surface area contributed by atoms with Crippen LogP contribution in [0.25, 0.3) is 0 Å². The number of rotatable bonds is 4. The Morgan fingerprint density at radius 2 is 1.48 bits per heavy atom. The minimum atomic E-state index is -0.252. The third-order valence-electron chi connectivity index (χ3n) is 5.59. The maximum Gasteiger partial charge on any atom is 0.325 e. The Balaban J connectivity index is 1.30. The summed E-state index contributed by atoms with van der Waals surface area (Å²) in [6, 6.07) is 14.1. The lowest BCUT2D eigenvalue weighted by Crippen LogP contribution is -2.51. The van der Waals surface area contributed by atoms with Crippen LogP contribution in [0.15, 0.2) is 48.5 Å². The second-order valence-corrected chi connectivity index (χ2v) is 7.54. The first-order chi connectivity index (χ1) is 14.0. The van der Waals surface area contributed by atoms with Crippen molar-refractivity contribution >= 4 is 23.3 Å². The van der Waals surface area contributed by atoms with Gasteiger partial charge in [-0.2, -0.15) is 0 Å². The highest BCUT2D eigenvalue weighted by Crippen LogP contribution is 2.21. The van der Waals surface area contributed by atoms with Gasteiger partial charge in [-0.15, -0.1) is 0 Å². The molecular weight excluding hydrogens is 371 g/mol. The molecule has 0 aromatic heterocycles. The zero-order valence-corrected chi connectivity index (χ0v) is 16.6. The summed E-state index contributed by atoms with van der Waals surface area (Å²) >= 11 is 0. The molecule has 4 rings (SSSR count). The summed E-state index contributed by atoms with van der Waals surface area (Å²) in [5.41, 5.74) is 2.97. The van der Waals surface area contributed by atoms with E-state index in [2.05, 4.69) is 4.90 Å². The number of amides is 3. The van der Waals surface area contributed by atoms with E-state index in [1.807, 2.05) is 36.1 Å². The number of anilines is 2. The maximum atomic E-state index is 13.1. The Morgan fingerprint density at radius 1 is 0.862 bits per heavy atom. The van der Waals surface area contributed by atoms with Crippen molar-refractivity contribution < 1.29 is 14.0 Å². The zero-order chi connectivity index (χ0) is 20.4. The van der Waals surface area contributed by atoms with E-state index >= 15 is 0 Å². The van der Waals surface area contributed by atoms with Crippen molar-refractivity contribution in [2.75, 3.05) is 55.6 Å². The smallest absolute Gasteiger partial charge is 0.325 e. The van der Waals surface area contributed by atoms with Crippen LogP contribution in [-0.2, 0) is 4.79 Å². The van der Waals surface area contributed by atoms with Crippen LogP contribution in [0.4, 0.5) is 20.6 Å². The molecule has 6 nitrogen and oxygen atoms in total. The Hall–Kier alpha value is -3.09. The van der Waals surface area contributed by atoms with Gasteiger partial charge in [-0.05, 0) is 43.3 Å². The standard InChI is InChI=1S/C22H25FN4O2/c1-17-2-6-20(7-3-17)27-15-14-26(22(27)29)16-21(28)25-12-10-24(11-13-25)19-8-4-18(23)5-9-19/h2-9H,10-16H2,1H3. The number of carbonyl (C=O) groups excluding carboxylic acids is 2. The van der Waals surface area contributed by atoms with E-state index < -0.39 is 0 Å². The highest BCUT2D eigenvalue weighted by Gasteiger charge is 2.32. The Morgan fingerprint density at radius 3 is 2.14 bits per heavy atom. The fourth-order valence-corrected chi connectivity index (χ4v) is 3.82. The van der Waals surface area contributed by atoms with E-state index in [4.69, 9.17) is 0 Å². The average molecular weight is 396 g/mol. The highest BCUT2D eigenvalue weighted by atomic mass is 19.1. The molecule has 29 heavy (non-hydrogen) atoms. The number of aryl methyl sites for hydroxylation is 1. The third-order valence-corrected chi connectivity index (χ3v) is 5.59. The van der Waals surface area contributed by atoms with E-state index in [-0.39, 0.29) is 24.3 Å². The lowest BCUT2D eigenvalue weighted by molar-refractivity contribution is -0.131. The second kappa shape index (κ2) is 8.11. The normalized spacial score (nSPS) is 17.2. The largest absolute Gasteiger partial charge is 0.368 e. The molecule has 3 amide bonds. The first-order valence-corrected chi connectivity index (χ1v) is 9.93. The molecule has 0 saturated carbocycles. The van der Waals surface area contributed by atoms with Crippen molar-refractivity contribution in [3.63, 3.8) is 0 Å². The van der Waals surface area contributed by atoms with Crippen LogP contribution in [0, 0.1) is 12.7 Å². The van der Waals surface area contributed by atoms with Crippen LogP contribution >= 0.6 is 0 Å². The molecule has 2 aliphatic rings. The number of halogens is 1. The van der Waals surface area contributed by atoms with Crippen LogP contribution < -0.4 is 9.80 Å². The van der Waals surface area contributed by atoms with Crippen molar-refractivity contribution in [1.82, 2.24) is 9.80 Å². The second-order valence-electron chi connectivity index (χ2n) is 7.54. The summed E-state index contributed by atoms with van der Waals surface area (Å²) in [6.45, 7) is 5.84. The SMILES string of the molecule is Cc1ccc(N2CCN(CC(=O)N3CCN(c4ccc(F)cc4)CC3)C2=O)cc1. The first kappa shape index (κ1) is 19.2. The van der Waals surface area contributed by atoms with Gasteiger partial charge >= 0.3 is 6.03 Å². The zero-order valence-electron chi connectivity index (χ0n) is 16.6. The summed E-state index contributed by atoms with van der Waals surface area (Å²) in [6.07, 6.45) is 0. The molecule has 0 radical (unpaired) electrons. The number of hydrogen-bond donors (Lipinski definition) is 0. The summed E-state index contributed by atoms with van der Waals surface area (Å²) in [5.74, 6) is -0.277. The topological polar surface area (TPSA) is 47.1 Å². The first-order valence-electron chi connectivity index (χ1n) is 9.93. The predicted octanol–water partition coefficient (Wildman–Crippen LogP) is 2.72. The minimum absolute atomic E-state index is 0.0251. The average Bonchev–Trinajstić information content (AvgIpc) is 3.09. The Bertz CT molecular complexity index is 877. The molecule has 2 aromatic rings. The van der Waals surface area contributed by atoms with E-state index in [9.17, 15) is 14.0 Å². The van der Waals surface area contributed by atoms with Crippen LogP contribution in [0.3, 0.4) is 0 Å². The third kappa shape index (κ3) is 4.18. The van der Waals surface area contributed by atoms with E-state index in [1.165, 1.54) is 12.1 Å². The van der Waals surface area contributed by atoms with Gasteiger partial charge in [0.25, 0.3) is 0 Å². The van der Waals surface area contributed by atoms with Crippen molar-refractivity contribution in [2.45, 2.75) is 6.92 Å². The van der Waals surface area contributed by atoms with Crippen molar-refractivity contribution in [3.05, 3.63) is 59.9 Å². The molecule has 2 heterocycles. The number of urea groups is 1. The van der Waals surface area contributed by atoms with Gasteiger partial charge in [-0.1, -0.05) is 17.7 Å². The highest BCUT2D eigenvalue weighted by molar-refractivity contribution is 5.96. The molecule has 0 bridgehead atoms. The molecule has 2 aliphatic heterocycles. The minimum Gasteiger partial charge on any atom is -0.368 e. The Kier molecular flexibility index (Phi) is 5.38. The molecule has 0 unspecified atom stereocenters. The number of benzene rings is 2. The van der Waals surface area contributed by atoms with E-state index in [0.717, 1.165) is 16.9 Å². The Labute approximate surface area is 170 Å². The van der Waals surface area contributed by atoms with Gasteiger partial charge in [-0.3, -0.25) is 9.69 Å². The van der Waals surface area contributed by atoms with Crippen LogP contribution in [0.1, 0.15) is 5.56 Å². The van der Waals surface area contributed by atoms with Crippen LogP contribution in [0.2, 0.25) is 0 Å². The molecule has 2 saturated heterocycles. The lowest BCUT2D eigenvalue weighted by Gasteiger charge is -2.36. The maximum absolute atomic E-state index is 13.1. The van der Waals surface area contributed by atoms with Gasteiger partial charge in [0.2, 0.25) is 5.91 Å². The fourth-order valence-electron chi connectivity index (χ4n) is 3.82. The van der Waals surface area contributed by atoms with E-state index in [0.29, 0.717) is 39.3 Å². The quantitative estimate of drug-likeness (QED) is 0.799. The summed E-state index contributed by atoms with van der Waals surface area (Å²) in [5, 5.41) is 0. The number of hydrogen-bond acceptors (Lipinski definition) is 3. The summed E-state index contributed by atoms with van der Waals surface area (Å²) in [7, 11) is 0. The van der Waals surface area contributed by atoms with Crippen molar-refractivity contribution in [2.24, 2.45) is 0 Å². The molecule has 0 atom stereocenters. The van der Waals surface area contributed by atoms with E-state index in [1.54, 1.807) is 21.9 Å². The van der Waals surface area contributed by atoms with Crippen molar-refractivity contribution in [1.29, 1.82) is 0 Å². The van der Waals surface area contributed by atoms with Gasteiger partial charge in [0, 0.05) is 50.6 Å². The van der Waals surface area contributed by atoms with Crippen molar-refractivity contribution in [3.8, 4) is 0 Å². The summed E-state index contributed by atoms with van der Waals surface area (Å²) in [4.78, 5) is 32.7. The molecule has 0 spiro atoms. The molecular formula is C22H25FN4O2. The summed E-state index contributed by atoms with van der Waals surface area (Å²) < 4.78 is 13.1. The number of nitrogens with zero attached hydrogens (tertiary/aromatic N) is 4. The van der Waals surface area contributed by atoms with Gasteiger partial charge in [0.05, 0.1) is 0 Å².